The summed E-state index contributed by atoms with van der Waals surface area (Å²) in [5, 5.41) is 5.28. The van der Waals surface area contributed by atoms with E-state index >= 15 is 0 Å². The Morgan fingerprint density at radius 1 is 1.23 bits per heavy atom. The highest BCUT2D eigenvalue weighted by Gasteiger charge is 2.63. The van der Waals surface area contributed by atoms with Crippen LogP contribution in [0.4, 0.5) is 13.2 Å². The number of carbonyl (C=O) groups is 1. The minimum Gasteiger partial charge on any atom is -0.465 e. The molecule has 0 saturated heterocycles. The zero-order valence-electron chi connectivity index (χ0n) is 16.8. The van der Waals surface area contributed by atoms with Crippen LogP contribution in [0.25, 0.3) is 10.8 Å². The first kappa shape index (κ1) is 21.4. The average Bonchev–Trinajstić information content (AvgIpc) is 3.18. The first-order valence-corrected chi connectivity index (χ1v) is 10.0. The van der Waals surface area contributed by atoms with E-state index < -0.39 is 24.2 Å². The largest absolute Gasteiger partial charge is 0.465 e. The van der Waals surface area contributed by atoms with Crippen molar-refractivity contribution in [2.24, 2.45) is 11.1 Å². The normalized spacial score (nSPS) is 23.7. The van der Waals surface area contributed by atoms with Crippen molar-refractivity contribution in [3.63, 3.8) is 0 Å². The van der Waals surface area contributed by atoms with E-state index in [1.165, 1.54) is 19.3 Å². The number of esters is 1. The molecule has 2 aromatic carbocycles. The van der Waals surface area contributed by atoms with Crippen molar-refractivity contribution in [2.75, 3.05) is 7.11 Å². The molecule has 1 aliphatic carbocycles. The topological polar surface area (TPSA) is 47.9 Å². The first-order valence-electron chi connectivity index (χ1n) is 9.67. The highest BCUT2D eigenvalue weighted by molar-refractivity contribution is 6.31. The lowest BCUT2D eigenvalue weighted by Gasteiger charge is -2.34. The minimum atomic E-state index is -4.69. The molecule has 1 aliphatic heterocycles. The Labute approximate surface area is 182 Å². The molecule has 0 aromatic heterocycles. The van der Waals surface area contributed by atoms with Crippen molar-refractivity contribution in [3.05, 3.63) is 70.3 Å². The fourth-order valence-corrected chi connectivity index (χ4v) is 4.50. The van der Waals surface area contributed by atoms with Crippen LogP contribution in [0.5, 0.6) is 0 Å². The number of allylic oxidation sites excluding steroid dienone is 3. The summed E-state index contributed by atoms with van der Waals surface area (Å²) in [4.78, 5) is 17.3. The Balaban J connectivity index is 1.79. The van der Waals surface area contributed by atoms with Gasteiger partial charge in [-0.25, -0.2) is 4.79 Å². The van der Waals surface area contributed by atoms with Crippen LogP contribution in [0.15, 0.2) is 64.3 Å². The van der Waals surface area contributed by atoms with Gasteiger partial charge in [-0.3, -0.25) is 0 Å². The number of ether oxygens (including phenoxy) is 1. The number of benzene rings is 2. The number of methoxy groups -OCH3 is 1. The molecule has 0 bridgehead atoms. The molecular weight excluding hydrogens is 431 g/mol. The van der Waals surface area contributed by atoms with Crippen LogP contribution in [0.1, 0.15) is 35.7 Å². The molecule has 1 heterocycles. The lowest BCUT2D eigenvalue weighted by molar-refractivity contribution is -0.254. The first-order chi connectivity index (χ1) is 14.7. The highest BCUT2D eigenvalue weighted by Crippen LogP contribution is 2.49. The molecule has 2 aliphatic rings. The second-order valence-corrected chi connectivity index (χ2v) is 8.17. The van der Waals surface area contributed by atoms with Gasteiger partial charge >= 0.3 is 12.1 Å². The van der Waals surface area contributed by atoms with Crippen molar-refractivity contribution in [3.8, 4) is 0 Å². The Hall–Kier alpha value is -2.80. The SMILES string of the molecule is COC(=O)c1ccc(C2=NOC(C3=CC(Cl)=CC(C)C3)(C(F)(F)F)C2)c2ccccc12. The van der Waals surface area contributed by atoms with Crippen LogP contribution in [-0.4, -0.2) is 30.6 Å². The maximum Gasteiger partial charge on any atom is 0.435 e. The van der Waals surface area contributed by atoms with Crippen molar-refractivity contribution in [1.29, 1.82) is 0 Å². The molecule has 0 amide bonds. The van der Waals surface area contributed by atoms with Gasteiger partial charge in [-0.05, 0) is 40.8 Å². The van der Waals surface area contributed by atoms with Crippen molar-refractivity contribution in [1.82, 2.24) is 0 Å². The molecule has 0 radical (unpaired) electrons. The van der Waals surface area contributed by atoms with Gasteiger partial charge in [0.05, 0.1) is 18.4 Å². The summed E-state index contributed by atoms with van der Waals surface area (Å²) >= 11 is 6.07. The quantitative estimate of drug-likeness (QED) is 0.529. The van der Waals surface area contributed by atoms with Gasteiger partial charge in [-0.15, -0.1) is 0 Å². The van der Waals surface area contributed by atoms with Gasteiger partial charge in [-0.2, -0.15) is 13.2 Å². The number of alkyl halides is 3. The molecule has 4 nitrogen and oxygen atoms in total. The Bertz CT molecular complexity index is 1150. The highest BCUT2D eigenvalue weighted by atomic mass is 35.5. The van der Waals surface area contributed by atoms with Crippen LogP contribution >= 0.6 is 11.6 Å². The van der Waals surface area contributed by atoms with E-state index in [0.717, 1.165) is 0 Å². The molecule has 2 aromatic rings. The zero-order valence-corrected chi connectivity index (χ0v) is 17.6. The second-order valence-electron chi connectivity index (χ2n) is 7.73. The van der Waals surface area contributed by atoms with Crippen LogP contribution < -0.4 is 0 Å². The number of rotatable bonds is 3. The number of fused-ring (bicyclic) bond motifs is 1. The predicted molar refractivity (Wildman–Crippen MR) is 112 cm³/mol. The van der Waals surface area contributed by atoms with Crippen LogP contribution in [0.2, 0.25) is 0 Å². The molecule has 0 fully saturated rings. The van der Waals surface area contributed by atoms with Gasteiger partial charge in [-0.1, -0.05) is 60.1 Å². The van der Waals surface area contributed by atoms with E-state index in [1.807, 2.05) is 0 Å². The number of carbonyl (C=O) groups excluding carboxylic acids is 1. The van der Waals surface area contributed by atoms with Gasteiger partial charge < -0.3 is 9.57 Å². The van der Waals surface area contributed by atoms with E-state index in [1.54, 1.807) is 43.3 Å². The molecule has 2 unspecified atom stereocenters. The number of hydrogen-bond acceptors (Lipinski definition) is 4. The third-order valence-electron chi connectivity index (χ3n) is 5.64. The maximum absolute atomic E-state index is 14.3. The number of nitrogens with zero attached hydrogens (tertiary/aromatic N) is 1. The summed E-state index contributed by atoms with van der Waals surface area (Å²) in [7, 11) is 1.27. The van der Waals surface area contributed by atoms with E-state index in [0.29, 0.717) is 21.9 Å². The monoisotopic (exact) mass is 449 g/mol. The fourth-order valence-electron chi connectivity index (χ4n) is 4.16. The smallest absolute Gasteiger partial charge is 0.435 e. The van der Waals surface area contributed by atoms with Crippen LogP contribution in [0.3, 0.4) is 0 Å². The minimum absolute atomic E-state index is 0.0502. The summed E-state index contributed by atoms with van der Waals surface area (Å²) in [5.41, 5.74) is -1.57. The number of hydrogen-bond donors (Lipinski definition) is 0. The van der Waals surface area contributed by atoms with Gasteiger partial charge in [0.15, 0.2) is 0 Å². The molecule has 0 saturated carbocycles. The van der Waals surface area contributed by atoms with Crippen molar-refractivity contribution < 1.29 is 27.5 Å². The lowest BCUT2D eigenvalue weighted by Crippen LogP contribution is -2.48. The summed E-state index contributed by atoms with van der Waals surface area (Å²) in [5.74, 6) is -0.681. The molecule has 8 heteroatoms. The van der Waals surface area contributed by atoms with Crippen molar-refractivity contribution >= 4 is 34.1 Å². The molecular formula is C23H19ClF3NO3. The zero-order chi connectivity index (χ0) is 22.4. The van der Waals surface area contributed by atoms with Gasteiger partial charge in [0.2, 0.25) is 0 Å². The molecule has 0 N–H and O–H groups in total. The van der Waals surface area contributed by atoms with E-state index in [2.05, 4.69) is 5.16 Å². The van der Waals surface area contributed by atoms with E-state index in [9.17, 15) is 18.0 Å². The van der Waals surface area contributed by atoms with E-state index in [-0.39, 0.29) is 28.7 Å². The third kappa shape index (κ3) is 3.61. The third-order valence-corrected chi connectivity index (χ3v) is 5.88. The molecule has 162 valence electrons. The molecule has 0 spiro atoms. The average molecular weight is 450 g/mol. The summed E-state index contributed by atoms with van der Waals surface area (Å²) in [6.45, 7) is 1.80. The van der Waals surface area contributed by atoms with Crippen molar-refractivity contribution in [2.45, 2.75) is 31.5 Å². The Kier molecular flexibility index (Phi) is 5.33. The lowest BCUT2D eigenvalue weighted by atomic mass is 9.79. The summed E-state index contributed by atoms with van der Waals surface area (Å²) < 4.78 is 47.8. The standard InChI is InChI=1S/C23H19ClF3NO3/c1-13-9-14(11-15(24)10-13)22(23(25,26)27)12-20(28-31-22)18-7-8-19(21(29)30-2)17-6-4-3-5-16(17)18/h3-8,10-11,13H,9,12H2,1-2H3. The summed E-state index contributed by atoms with van der Waals surface area (Å²) in [6, 6.07) is 10.0. The van der Waals surface area contributed by atoms with Gasteiger partial charge in [0, 0.05) is 17.0 Å². The van der Waals surface area contributed by atoms with Gasteiger partial charge in [0.25, 0.3) is 5.60 Å². The fraction of sp³-hybridized carbons (Fsp3) is 0.304. The number of halogens is 4. The Morgan fingerprint density at radius 2 is 1.94 bits per heavy atom. The maximum atomic E-state index is 14.3. The van der Waals surface area contributed by atoms with Gasteiger partial charge in [0.1, 0.15) is 0 Å². The molecule has 2 atom stereocenters. The van der Waals surface area contributed by atoms with Crippen LogP contribution in [0, 0.1) is 5.92 Å². The Morgan fingerprint density at radius 3 is 2.58 bits per heavy atom. The molecule has 4 rings (SSSR count). The number of oxime groups is 1. The summed E-state index contributed by atoms with van der Waals surface area (Å²) in [6.07, 6.45) is -1.97. The molecule has 31 heavy (non-hydrogen) atoms. The van der Waals surface area contributed by atoms with E-state index in [4.69, 9.17) is 21.2 Å². The predicted octanol–water partition coefficient (Wildman–Crippen LogP) is 6.14. The van der Waals surface area contributed by atoms with Crippen LogP contribution in [-0.2, 0) is 9.57 Å². The second kappa shape index (κ2) is 7.71.